The third-order valence-electron chi connectivity index (χ3n) is 5.89. The molecule has 0 spiro atoms. The minimum Gasteiger partial charge on any atom is -0.465 e. The summed E-state index contributed by atoms with van der Waals surface area (Å²) in [4.78, 5) is 26.6. The Labute approximate surface area is 218 Å². The summed E-state index contributed by atoms with van der Waals surface area (Å²) in [5, 5.41) is 5.76. The zero-order valence-corrected chi connectivity index (χ0v) is 21.6. The van der Waals surface area contributed by atoms with Crippen LogP contribution in [-0.2, 0) is 19.9 Å². The summed E-state index contributed by atoms with van der Waals surface area (Å²) in [6, 6.07) is 31.0. The van der Waals surface area contributed by atoms with Crippen LogP contribution in [0.25, 0.3) is 0 Å². The van der Waals surface area contributed by atoms with Gasteiger partial charge in [0.15, 0.2) is 0 Å². The lowest BCUT2D eigenvalue weighted by Gasteiger charge is -2.46. The molecule has 0 fully saturated rings. The molecule has 1 amide bonds. The molecule has 36 heavy (non-hydrogen) atoms. The SMILES string of the molecule is CCOC(=O)CNC(=O)CNCCN(C(C)=S)C(c1ccccc1)(c1ccccc1)c1ccccc1. The van der Waals surface area contributed by atoms with Crippen molar-refractivity contribution >= 4 is 29.1 Å². The highest BCUT2D eigenvalue weighted by Gasteiger charge is 2.42. The number of nitrogens with one attached hydrogen (secondary N) is 2. The Morgan fingerprint density at radius 2 is 1.31 bits per heavy atom. The maximum absolute atomic E-state index is 12.2. The lowest BCUT2D eigenvalue weighted by molar-refractivity contribution is -0.143. The van der Waals surface area contributed by atoms with Crippen molar-refractivity contribution in [2.45, 2.75) is 19.4 Å². The van der Waals surface area contributed by atoms with Crippen molar-refractivity contribution in [1.29, 1.82) is 0 Å². The van der Waals surface area contributed by atoms with Crippen molar-refractivity contribution in [2.24, 2.45) is 0 Å². The van der Waals surface area contributed by atoms with E-state index in [9.17, 15) is 9.59 Å². The molecular weight excluding hydrogens is 470 g/mol. The number of esters is 1. The molecule has 0 saturated heterocycles. The molecule has 3 aromatic carbocycles. The quantitative estimate of drug-likeness (QED) is 0.169. The van der Waals surface area contributed by atoms with Crippen LogP contribution in [-0.4, -0.2) is 54.6 Å². The average molecular weight is 504 g/mol. The minimum absolute atomic E-state index is 0.0821. The van der Waals surface area contributed by atoms with Crippen molar-refractivity contribution in [3.05, 3.63) is 108 Å². The molecule has 0 aromatic heterocycles. The number of benzene rings is 3. The fraction of sp³-hybridized carbons (Fsp3) is 0.276. The fourth-order valence-electron chi connectivity index (χ4n) is 4.40. The van der Waals surface area contributed by atoms with E-state index >= 15 is 0 Å². The van der Waals surface area contributed by atoms with Crippen LogP contribution in [0.3, 0.4) is 0 Å². The van der Waals surface area contributed by atoms with Crippen molar-refractivity contribution in [3.8, 4) is 0 Å². The van der Waals surface area contributed by atoms with Crippen LogP contribution in [0.5, 0.6) is 0 Å². The van der Waals surface area contributed by atoms with E-state index in [1.54, 1.807) is 6.92 Å². The second-order valence-corrected chi connectivity index (χ2v) is 8.83. The molecule has 6 nitrogen and oxygen atoms in total. The molecule has 3 rings (SSSR count). The Morgan fingerprint density at radius 1 is 0.833 bits per heavy atom. The van der Waals surface area contributed by atoms with Gasteiger partial charge in [-0.2, -0.15) is 0 Å². The van der Waals surface area contributed by atoms with Gasteiger partial charge in [-0.25, -0.2) is 0 Å². The van der Waals surface area contributed by atoms with Gasteiger partial charge in [-0.3, -0.25) is 9.59 Å². The Bertz CT molecular complexity index is 1030. The van der Waals surface area contributed by atoms with E-state index < -0.39 is 11.5 Å². The molecule has 0 aliphatic rings. The first-order valence-corrected chi connectivity index (χ1v) is 12.5. The van der Waals surface area contributed by atoms with Gasteiger partial charge in [0.05, 0.1) is 18.1 Å². The molecule has 0 bridgehead atoms. The van der Waals surface area contributed by atoms with Crippen LogP contribution in [0.1, 0.15) is 30.5 Å². The van der Waals surface area contributed by atoms with Crippen LogP contribution >= 0.6 is 12.2 Å². The van der Waals surface area contributed by atoms with Crippen molar-refractivity contribution in [1.82, 2.24) is 15.5 Å². The van der Waals surface area contributed by atoms with Crippen molar-refractivity contribution in [2.75, 3.05) is 32.8 Å². The number of hydrogen-bond donors (Lipinski definition) is 2. The number of carbonyl (C=O) groups excluding carboxylic acids is 2. The molecule has 0 aliphatic carbocycles. The molecular formula is C29H33N3O3S. The average Bonchev–Trinajstić information content (AvgIpc) is 2.91. The summed E-state index contributed by atoms with van der Waals surface area (Å²) < 4.78 is 4.84. The summed E-state index contributed by atoms with van der Waals surface area (Å²) in [7, 11) is 0. The molecule has 0 saturated carbocycles. The summed E-state index contributed by atoms with van der Waals surface area (Å²) in [6.45, 7) is 4.95. The normalized spacial score (nSPS) is 10.9. The van der Waals surface area contributed by atoms with Crippen LogP contribution in [0.2, 0.25) is 0 Å². The van der Waals surface area contributed by atoms with Gasteiger partial charge in [-0.15, -0.1) is 0 Å². The van der Waals surface area contributed by atoms with E-state index in [-0.39, 0.29) is 25.6 Å². The zero-order chi connectivity index (χ0) is 25.8. The van der Waals surface area contributed by atoms with E-state index in [1.807, 2.05) is 61.5 Å². The Kier molecular flexibility index (Phi) is 10.2. The van der Waals surface area contributed by atoms with E-state index in [2.05, 4.69) is 51.9 Å². The molecule has 0 heterocycles. The monoisotopic (exact) mass is 503 g/mol. The highest BCUT2D eigenvalue weighted by atomic mass is 32.1. The van der Waals surface area contributed by atoms with Gasteiger partial charge in [0, 0.05) is 13.1 Å². The number of amides is 1. The molecule has 2 N–H and O–H groups in total. The van der Waals surface area contributed by atoms with Crippen LogP contribution in [0.15, 0.2) is 91.0 Å². The van der Waals surface area contributed by atoms with Crippen molar-refractivity contribution < 1.29 is 14.3 Å². The maximum atomic E-state index is 12.2. The Balaban J connectivity index is 1.89. The maximum Gasteiger partial charge on any atom is 0.325 e. The fourth-order valence-corrected chi connectivity index (χ4v) is 4.63. The van der Waals surface area contributed by atoms with E-state index in [1.165, 1.54) is 0 Å². The molecule has 3 aromatic rings. The van der Waals surface area contributed by atoms with Crippen LogP contribution < -0.4 is 10.6 Å². The topological polar surface area (TPSA) is 70.7 Å². The van der Waals surface area contributed by atoms with Gasteiger partial charge in [0.2, 0.25) is 5.91 Å². The second kappa shape index (κ2) is 13.5. The summed E-state index contributed by atoms with van der Waals surface area (Å²) in [6.07, 6.45) is 0. The first-order chi connectivity index (χ1) is 17.5. The summed E-state index contributed by atoms with van der Waals surface area (Å²) in [5.41, 5.74) is 2.63. The highest BCUT2D eigenvalue weighted by molar-refractivity contribution is 7.80. The van der Waals surface area contributed by atoms with Crippen LogP contribution in [0.4, 0.5) is 0 Å². The summed E-state index contributed by atoms with van der Waals surface area (Å²) >= 11 is 5.83. The van der Waals surface area contributed by atoms with E-state index in [4.69, 9.17) is 17.0 Å². The van der Waals surface area contributed by atoms with Gasteiger partial charge in [0.1, 0.15) is 12.1 Å². The smallest absolute Gasteiger partial charge is 0.325 e. The number of thiocarbonyl (C=S) groups is 1. The first kappa shape index (κ1) is 27.0. The molecule has 0 unspecified atom stereocenters. The van der Waals surface area contributed by atoms with E-state index in [0.717, 1.165) is 21.7 Å². The van der Waals surface area contributed by atoms with Gasteiger partial charge in [0.25, 0.3) is 0 Å². The van der Waals surface area contributed by atoms with Gasteiger partial charge < -0.3 is 20.3 Å². The predicted octanol–water partition coefficient (Wildman–Crippen LogP) is 3.90. The standard InChI is InChI=1S/C29H33N3O3S/c1-3-35-28(34)22-31-27(33)21-30-19-20-32(23(2)36)29(24-13-7-4-8-14-24,25-15-9-5-10-16-25)26-17-11-6-12-18-26/h4-18,30H,3,19-22H2,1-2H3,(H,31,33). The first-order valence-electron chi connectivity index (χ1n) is 12.1. The molecule has 7 heteroatoms. The lowest BCUT2D eigenvalue weighted by Crippen LogP contribution is -2.52. The Hall–Kier alpha value is -3.55. The lowest BCUT2D eigenvalue weighted by atomic mass is 9.75. The van der Waals surface area contributed by atoms with Crippen molar-refractivity contribution in [3.63, 3.8) is 0 Å². The van der Waals surface area contributed by atoms with Gasteiger partial charge >= 0.3 is 5.97 Å². The summed E-state index contributed by atoms with van der Waals surface area (Å²) in [5.74, 6) is -0.721. The molecule has 0 aliphatic heterocycles. The Morgan fingerprint density at radius 3 is 1.72 bits per heavy atom. The number of nitrogens with zero attached hydrogens (tertiary/aromatic N) is 1. The minimum atomic E-state index is -0.663. The van der Waals surface area contributed by atoms with E-state index in [0.29, 0.717) is 13.1 Å². The van der Waals surface area contributed by atoms with Gasteiger partial charge in [-0.1, -0.05) is 103 Å². The molecule has 188 valence electrons. The molecule has 0 atom stereocenters. The second-order valence-electron chi connectivity index (χ2n) is 8.24. The zero-order valence-electron chi connectivity index (χ0n) is 20.8. The number of ether oxygens (including phenoxy) is 1. The third kappa shape index (κ3) is 6.56. The van der Waals surface area contributed by atoms with Crippen LogP contribution in [0, 0.1) is 0 Å². The number of carbonyl (C=O) groups is 2. The third-order valence-corrected chi connectivity index (χ3v) is 6.11. The predicted molar refractivity (Wildman–Crippen MR) is 147 cm³/mol. The largest absolute Gasteiger partial charge is 0.465 e. The molecule has 0 radical (unpaired) electrons. The number of rotatable bonds is 12. The highest BCUT2D eigenvalue weighted by Crippen LogP contribution is 2.42. The van der Waals surface area contributed by atoms with Gasteiger partial charge in [-0.05, 0) is 30.5 Å². The number of hydrogen-bond acceptors (Lipinski definition) is 5.